The number of aromatic carboxylic acids is 1. The van der Waals surface area contributed by atoms with Crippen molar-refractivity contribution in [1.82, 2.24) is 10.1 Å². The molecule has 36 heavy (non-hydrogen) atoms. The first kappa shape index (κ1) is 22.1. The second-order valence-electron chi connectivity index (χ2n) is 8.25. The van der Waals surface area contributed by atoms with Crippen LogP contribution in [0, 0.1) is 0 Å². The quantitative estimate of drug-likeness (QED) is 0.364. The van der Waals surface area contributed by atoms with Crippen LogP contribution in [0.1, 0.15) is 21.6 Å². The zero-order valence-electron chi connectivity index (χ0n) is 18.8. The predicted molar refractivity (Wildman–Crippen MR) is 132 cm³/mol. The predicted octanol–water partition coefficient (Wildman–Crippen LogP) is 5.00. The van der Waals surface area contributed by atoms with Crippen LogP contribution in [0.25, 0.3) is 10.9 Å². The molecule has 2 aliphatic heterocycles. The molecule has 0 bridgehead atoms. The molecule has 3 aromatic carbocycles. The highest BCUT2D eigenvalue weighted by Gasteiger charge is 2.27. The molecule has 0 unspecified atom stereocenters. The van der Waals surface area contributed by atoms with Crippen LogP contribution in [0.2, 0.25) is 5.02 Å². The highest BCUT2D eigenvalue weighted by molar-refractivity contribution is 6.31. The van der Waals surface area contributed by atoms with Gasteiger partial charge in [-0.05, 0) is 35.4 Å². The molecule has 0 aliphatic carbocycles. The van der Waals surface area contributed by atoms with Crippen LogP contribution in [0.15, 0.2) is 71.0 Å². The fourth-order valence-corrected chi connectivity index (χ4v) is 4.55. The van der Waals surface area contributed by atoms with Gasteiger partial charge >= 0.3 is 5.97 Å². The Kier molecular flexibility index (Phi) is 5.49. The van der Waals surface area contributed by atoms with Crippen LogP contribution in [-0.4, -0.2) is 29.1 Å². The minimum atomic E-state index is -1.11. The lowest BCUT2D eigenvalue weighted by Gasteiger charge is -2.15. The van der Waals surface area contributed by atoms with E-state index in [0.29, 0.717) is 39.7 Å². The molecule has 11 heteroatoms. The van der Waals surface area contributed by atoms with Crippen LogP contribution in [0.3, 0.4) is 0 Å². The van der Waals surface area contributed by atoms with Gasteiger partial charge in [0.15, 0.2) is 29.6 Å². The van der Waals surface area contributed by atoms with E-state index in [0.717, 1.165) is 11.3 Å². The summed E-state index contributed by atoms with van der Waals surface area (Å²) >= 11 is 6.54. The Labute approximate surface area is 210 Å². The van der Waals surface area contributed by atoms with Crippen LogP contribution in [-0.2, 0) is 13.2 Å². The highest BCUT2D eigenvalue weighted by Crippen LogP contribution is 2.40. The van der Waals surface area contributed by atoms with Gasteiger partial charge in [0.25, 0.3) is 0 Å². The fourth-order valence-electron chi connectivity index (χ4n) is 4.33. The number of nitrogens with zero attached hydrogens (tertiary/aromatic N) is 4. The second-order valence-corrected chi connectivity index (χ2v) is 8.66. The molecular weight excluding hydrogens is 486 g/mol. The molecule has 0 saturated carbocycles. The van der Waals surface area contributed by atoms with Gasteiger partial charge in [-0.25, -0.2) is 9.80 Å². The van der Waals surface area contributed by atoms with E-state index in [1.807, 2.05) is 48.5 Å². The molecule has 0 radical (unpaired) electrons. The summed E-state index contributed by atoms with van der Waals surface area (Å²) in [6.07, 6.45) is 0. The number of anilines is 1. The first-order valence-electron chi connectivity index (χ1n) is 11.1. The number of benzene rings is 3. The smallest absolute Gasteiger partial charge is 0.356 e. The molecule has 0 atom stereocenters. The van der Waals surface area contributed by atoms with Crippen molar-refractivity contribution < 1.29 is 24.1 Å². The molecule has 0 amide bonds. The number of nitrogens with one attached hydrogen (secondary N) is 1. The maximum atomic E-state index is 12.6. The van der Waals surface area contributed by atoms with Gasteiger partial charge in [0, 0.05) is 16.5 Å². The highest BCUT2D eigenvalue weighted by atomic mass is 35.5. The third kappa shape index (κ3) is 3.91. The minimum Gasteiger partial charge on any atom is -0.486 e. The Hall–Kier alpha value is -4.44. The van der Waals surface area contributed by atoms with Crippen molar-refractivity contribution in [2.45, 2.75) is 13.2 Å². The van der Waals surface area contributed by atoms with E-state index in [-0.39, 0.29) is 31.4 Å². The molecule has 1 aromatic heterocycles. The number of hydrogen-bond acceptors (Lipinski definition) is 8. The largest absolute Gasteiger partial charge is 0.486 e. The molecule has 0 spiro atoms. The molecule has 2 aliphatic rings. The monoisotopic (exact) mass is 505 g/mol. The van der Waals surface area contributed by atoms with Crippen molar-refractivity contribution in [2.75, 3.05) is 18.5 Å². The summed E-state index contributed by atoms with van der Waals surface area (Å²) in [5.41, 5.74) is 5.90. The number of ether oxygens (including phenoxy) is 3. The summed E-state index contributed by atoms with van der Waals surface area (Å²) in [7, 11) is 0. The number of carboxylic acid groups (broad SMARTS) is 1. The number of fused-ring (bicyclic) bond motifs is 2. The minimum absolute atomic E-state index is 0.0237. The number of hydrazine groups is 1. The Bertz CT molecular complexity index is 1500. The molecule has 6 rings (SSSR count). The number of halogens is 1. The molecule has 4 aromatic rings. The van der Waals surface area contributed by atoms with Gasteiger partial charge in [-0.15, -0.1) is 5.11 Å². The van der Waals surface area contributed by atoms with E-state index < -0.39 is 5.97 Å². The maximum absolute atomic E-state index is 12.6. The molecule has 3 heterocycles. The first-order chi connectivity index (χ1) is 17.6. The van der Waals surface area contributed by atoms with Crippen molar-refractivity contribution in [1.29, 1.82) is 0 Å². The van der Waals surface area contributed by atoms with E-state index in [1.165, 1.54) is 0 Å². The van der Waals surface area contributed by atoms with Gasteiger partial charge in [0.1, 0.15) is 6.61 Å². The van der Waals surface area contributed by atoms with E-state index in [1.54, 1.807) is 21.7 Å². The summed E-state index contributed by atoms with van der Waals surface area (Å²) in [6, 6.07) is 18.6. The average Bonchev–Trinajstić information content (AvgIpc) is 3.63. The van der Waals surface area contributed by atoms with Crippen molar-refractivity contribution in [2.24, 2.45) is 10.3 Å². The SMILES string of the molecule is O=C(O)c1c(OCc2ccccc2)c2cc(N3CN=NN3)ccc2n1Cc1cc2c(cc1Cl)OCO2. The van der Waals surface area contributed by atoms with E-state index in [4.69, 9.17) is 25.8 Å². The average molecular weight is 506 g/mol. The van der Waals surface area contributed by atoms with Gasteiger partial charge in [0.2, 0.25) is 6.79 Å². The summed E-state index contributed by atoms with van der Waals surface area (Å²) < 4.78 is 18.8. The third-order valence-electron chi connectivity index (χ3n) is 6.05. The van der Waals surface area contributed by atoms with Gasteiger partial charge in [-0.1, -0.05) is 47.2 Å². The van der Waals surface area contributed by atoms with E-state index in [2.05, 4.69) is 15.9 Å². The second kappa shape index (κ2) is 8.97. The van der Waals surface area contributed by atoms with Crippen LogP contribution < -0.4 is 24.8 Å². The number of carboxylic acids is 1. The molecule has 2 N–H and O–H groups in total. The molecule has 0 saturated heterocycles. The Morgan fingerprint density at radius 2 is 1.92 bits per heavy atom. The summed E-state index contributed by atoms with van der Waals surface area (Å²) in [4.78, 5) is 12.6. The van der Waals surface area contributed by atoms with E-state index in [9.17, 15) is 9.90 Å². The zero-order valence-corrected chi connectivity index (χ0v) is 19.6. The lowest BCUT2D eigenvalue weighted by molar-refractivity contribution is 0.0680. The van der Waals surface area contributed by atoms with Crippen molar-refractivity contribution in [3.8, 4) is 17.2 Å². The molecule has 10 nitrogen and oxygen atoms in total. The Balaban J connectivity index is 1.48. The summed E-state index contributed by atoms with van der Waals surface area (Å²) in [5.74, 6) is 0.285. The normalized spacial score (nSPS) is 13.9. The first-order valence-corrected chi connectivity index (χ1v) is 11.5. The maximum Gasteiger partial charge on any atom is 0.356 e. The number of rotatable bonds is 7. The summed E-state index contributed by atoms with van der Waals surface area (Å²) in [5, 5.41) is 20.9. The number of hydrogen-bond donors (Lipinski definition) is 2. The van der Waals surface area contributed by atoms with Gasteiger partial charge in [-0.3, -0.25) is 0 Å². The van der Waals surface area contributed by atoms with Crippen LogP contribution in [0.5, 0.6) is 17.2 Å². The van der Waals surface area contributed by atoms with Crippen molar-refractivity contribution in [3.05, 3.63) is 82.5 Å². The van der Waals surface area contributed by atoms with Crippen molar-refractivity contribution in [3.63, 3.8) is 0 Å². The lowest BCUT2D eigenvalue weighted by atomic mass is 10.2. The number of carbonyl (C=O) groups is 1. The van der Waals surface area contributed by atoms with Gasteiger partial charge in [0.05, 0.1) is 17.7 Å². The Morgan fingerprint density at radius 1 is 1.11 bits per heavy atom. The molecule has 182 valence electrons. The van der Waals surface area contributed by atoms with Crippen LogP contribution in [0.4, 0.5) is 5.69 Å². The topological polar surface area (TPSA) is 110 Å². The van der Waals surface area contributed by atoms with Gasteiger partial charge < -0.3 is 23.9 Å². The van der Waals surface area contributed by atoms with Crippen LogP contribution >= 0.6 is 11.6 Å². The van der Waals surface area contributed by atoms with Gasteiger partial charge in [-0.2, -0.15) is 5.53 Å². The van der Waals surface area contributed by atoms with E-state index >= 15 is 0 Å². The fraction of sp³-hybridized carbons (Fsp3) is 0.160. The lowest BCUT2D eigenvalue weighted by Crippen LogP contribution is -2.29. The molecule has 0 fully saturated rings. The Morgan fingerprint density at radius 3 is 2.67 bits per heavy atom. The zero-order chi connectivity index (χ0) is 24.6. The number of aromatic nitrogens is 1. The summed E-state index contributed by atoms with van der Waals surface area (Å²) in [6.45, 7) is 0.854. The molecular formula is C25H20ClN5O5. The third-order valence-corrected chi connectivity index (χ3v) is 6.40. The standard InChI is InChI=1S/C25H20ClN5O5/c26-19-10-22-21(35-14-36-22)8-16(19)11-30-20-7-6-17(31-13-27-28-29-31)9-18(20)24(23(30)25(32)33)34-12-15-4-2-1-3-5-15/h1-10H,11-14H2,(H,27,29)(H,32,33). The van der Waals surface area contributed by atoms with Crippen molar-refractivity contribution >= 4 is 34.2 Å².